The van der Waals surface area contributed by atoms with Crippen molar-refractivity contribution in [2.45, 2.75) is 66.0 Å². The maximum absolute atomic E-state index is 12.1. The zero-order valence-corrected chi connectivity index (χ0v) is 20.9. The first-order valence-corrected chi connectivity index (χ1v) is 11.5. The fourth-order valence-electron chi connectivity index (χ4n) is 3.36. The molecule has 0 bridgehead atoms. The van der Waals surface area contributed by atoms with Crippen LogP contribution in [0.4, 0.5) is 0 Å². The van der Waals surface area contributed by atoms with Gasteiger partial charge in [0.05, 0.1) is 19.8 Å². The minimum absolute atomic E-state index is 0.0968. The monoisotopic (exact) mass is 452 g/mol. The molecular formula is C25H44N2O5. The highest BCUT2D eigenvalue weighted by atomic mass is 16.5. The highest BCUT2D eigenvalue weighted by Crippen LogP contribution is 2.31. The molecule has 1 aromatic rings. The van der Waals surface area contributed by atoms with Gasteiger partial charge in [0.25, 0.3) is 0 Å². The summed E-state index contributed by atoms with van der Waals surface area (Å²) in [7, 11) is 3.31. The molecule has 0 radical (unpaired) electrons. The molecule has 0 aliphatic rings. The minimum atomic E-state index is -0.793. The SMILES string of the molecule is COCCCOc1cc(C[C@@H](C[C@H](N)[C@@H](O)CNC(=O)C(C)(C)C)C(C)C)ccc1OC. The Morgan fingerprint density at radius 2 is 1.84 bits per heavy atom. The van der Waals surface area contributed by atoms with Gasteiger partial charge in [0, 0.05) is 38.1 Å². The predicted octanol–water partition coefficient (Wildman–Crippen LogP) is 3.17. The number of carbonyl (C=O) groups is 1. The average Bonchev–Trinajstić information content (AvgIpc) is 2.73. The van der Waals surface area contributed by atoms with Crippen LogP contribution in [0.3, 0.4) is 0 Å². The summed E-state index contributed by atoms with van der Waals surface area (Å²) in [4.78, 5) is 12.1. The van der Waals surface area contributed by atoms with Gasteiger partial charge in [-0.05, 0) is 42.4 Å². The van der Waals surface area contributed by atoms with E-state index in [0.717, 1.165) is 24.2 Å². The molecular weight excluding hydrogens is 408 g/mol. The van der Waals surface area contributed by atoms with Crippen LogP contribution < -0.4 is 20.5 Å². The predicted molar refractivity (Wildman–Crippen MR) is 128 cm³/mol. The first kappa shape index (κ1) is 28.2. The Balaban J connectivity index is 2.76. The smallest absolute Gasteiger partial charge is 0.225 e. The van der Waals surface area contributed by atoms with Gasteiger partial charge in [0.15, 0.2) is 11.5 Å². The summed E-state index contributed by atoms with van der Waals surface area (Å²) in [6, 6.07) is 5.56. The lowest BCUT2D eigenvalue weighted by atomic mass is 9.83. The normalized spacial score (nSPS) is 14.7. The number of benzene rings is 1. The third kappa shape index (κ3) is 9.76. The topological polar surface area (TPSA) is 103 Å². The second-order valence-corrected chi connectivity index (χ2v) is 9.82. The number of aliphatic hydroxyl groups is 1. The Morgan fingerprint density at radius 1 is 1.16 bits per heavy atom. The van der Waals surface area contributed by atoms with Crippen LogP contribution >= 0.6 is 0 Å². The van der Waals surface area contributed by atoms with Crippen LogP contribution in [0.15, 0.2) is 18.2 Å². The zero-order chi connectivity index (χ0) is 24.3. The van der Waals surface area contributed by atoms with E-state index < -0.39 is 17.6 Å². The Hall–Kier alpha value is -1.83. The highest BCUT2D eigenvalue weighted by molar-refractivity contribution is 5.81. The summed E-state index contributed by atoms with van der Waals surface area (Å²) in [6.45, 7) is 11.2. The summed E-state index contributed by atoms with van der Waals surface area (Å²) >= 11 is 0. The summed E-state index contributed by atoms with van der Waals surface area (Å²) < 4.78 is 16.4. The van der Waals surface area contributed by atoms with Gasteiger partial charge in [-0.1, -0.05) is 40.7 Å². The molecule has 7 nitrogen and oxygen atoms in total. The number of aliphatic hydroxyl groups excluding tert-OH is 1. The summed E-state index contributed by atoms with van der Waals surface area (Å²) in [6.07, 6.45) is 1.47. The molecule has 0 aromatic heterocycles. The van der Waals surface area contributed by atoms with Crippen molar-refractivity contribution in [3.8, 4) is 11.5 Å². The van der Waals surface area contributed by atoms with E-state index in [9.17, 15) is 9.90 Å². The van der Waals surface area contributed by atoms with Crippen molar-refractivity contribution in [2.75, 3.05) is 34.0 Å². The second kappa shape index (κ2) is 13.7. The maximum atomic E-state index is 12.1. The average molecular weight is 453 g/mol. The molecule has 1 aromatic carbocycles. The number of methoxy groups -OCH3 is 2. The van der Waals surface area contributed by atoms with Crippen LogP contribution in [-0.2, 0) is 16.0 Å². The van der Waals surface area contributed by atoms with Crippen molar-refractivity contribution in [1.29, 1.82) is 0 Å². The lowest BCUT2D eigenvalue weighted by Crippen LogP contribution is -2.47. The molecule has 184 valence electrons. The minimum Gasteiger partial charge on any atom is -0.493 e. The number of hydrogen-bond donors (Lipinski definition) is 3. The van der Waals surface area contributed by atoms with E-state index in [2.05, 4.69) is 19.2 Å². The van der Waals surface area contributed by atoms with E-state index in [-0.39, 0.29) is 18.4 Å². The molecule has 0 unspecified atom stereocenters. The van der Waals surface area contributed by atoms with Gasteiger partial charge >= 0.3 is 0 Å². The number of rotatable bonds is 14. The molecule has 0 fully saturated rings. The maximum Gasteiger partial charge on any atom is 0.225 e. The molecule has 32 heavy (non-hydrogen) atoms. The molecule has 1 rings (SSSR count). The summed E-state index contributed by atoms with van der Waals surface area (Å²) in [5.74, 6) is 1.98. The number of nitrogens with two attached hydrogens (primary N) is 1. The van der Waals surface area contributed by atoms with Crippen molar-refractivity contribution in [3.63, 3.8) is 0 Å². The summed E-state index contributed by atoms with van der Waals surface area (Å²) in [5, 5.41) is 13.3. The molecule has 3 atom stereocenters. The van der Waals surface area contributed by atoms with Crippen molar-refractivity contribution in [2.24, 2.45) is 23.0 Å². The number of nitrogens with one attached hydrogen (secondary N) is 1. The number of amides is 1. The molecule has 0 heterocycles. The lowest BCUT2D eigenvalue weighted by molar-refractivity contribution is -0.129. The highest BCUT2D eigenvalue weighted by Gasteiger charge is 2.26. The van der Waals surface area contributed by atoms with E-state index in [0.29, 0.717) is 31.3 Å². The molecule has 7 heteroatoms. The van der Waals surface area contributed by atoms with Crippen LogP contribution in [-0.4, -0.2) is 57.1 Å². The van der Waals surface area contributed by atoms with Crippen LogP contribution in [0.1, 0.15) is 53.0 Å². The van der Waals surface area contributed by atoms with Gasteiger partial charge in [-0.2, -0.15) is 0 Å². The number of ether oxygens (including phenoxy) is 3. The Kier molecular flexibility index (Phi) is 12.0. The van der Waals surface area contributed by atoms with Crippen LogP contribution in [0.2, 0.25) is 0 Å². The van der Waals surface area contributed by atoms with Crippen LogP contribution in [0, 0.1) is 17.3 Å². The van der Waals surface area contributed by atoms with Gasteiger partial charge < -0.3 is 30.4 Å². The third-order valence-corrected chi connectivity index (χ3v) is 5.64. The van der Waals surface area contributed by atoms with Gasteiger partial charge in [-0.25, -0.2) is 0 Å². The molecule has 0 saturated heterocycles. The number of hydrogen-bond acceptors (Lipinski definition) is 6. The fourth-order valence-corrected chi connectivity index (χ4v) is 3.36. The van der Waals surface area contributed by atoms with Gasteiger partial charge in [-0.15, -0.1) is 0 Å². The van der Waals surface area contributed by atoms with E-state index in [4.69, 9.17) is 19.9 Å². The lowest BCUT2D eigenvalue weighted by Gasteiger charge is -2.28. The number of carbonyl (C=O) groups excluding carboxylic acids is 1. The van der Waals surface area contributed by atoms with Crippen LogP contribution in [0.5, 0.6) is 11.5 Å². The molecule has 0 saturated carbocycles. The van der Waals surface area contributed by atoms with Crippen LogP contribution in [0.25, 0.3) is 0 Å². The zero-order valence-electron chi connectivity index (χ0n) is 20.9. The van der Waals surface area contributed by atoms with E-state index in [1.807, 2.05) is 39.0 Å². The standard InChI is InChI=1S/C25H44N2O5/c1-17(2)19(15-20(26)21(28)16-27-24(29)25(3,4)5)13-18-9-10-22(31-7)23(14-18)32-12-8-11-30-6/h9-10,14,17,19-21,28H,8,11-13,15-16,26H2,1-7H3,(H,27,29)/t19-,20-,21-/m0/s1. The Labute approximate surface area is 194 Å². The first-order chi connectivity index (χ1) is 15.0. The summed E-state index contributed by atoms with van der Waals surface area (Å²) in [5.41, 5.74) is 6.95. The van der Waals surface area contributed by atoms with E-state index in [1.54, 1.807) is 14.2 Å². The largest absolute Gasteiger partial charge is 0.493 e. The van der Waals surface area contributed by atoms with E-state index >= 15 is 0 Å². The van der Waals surface area contributed by atoms with Gasteiger partial charge in [0.1, 0.15) is 0 Å². The van der Waals surface area contributed by atoms with Crippen molar-refractivity contribution in [1.82, 2.24) is 5.32 Å². The van der Waals surface area contributed by atoms with Gasteiger partial charge in [-0.3, -0.25) is 4.79 Å². The molecule has 0 aliphatic heterocycles. The molecule has 0 spiro atoms. The fraction of sp³-hybridized carbons (Fsp3) is 0.720. The van der Waals surface area contributed by atoms with E-state index in [1.165, 1.54) is 0 Å². The third-order valence-electron chi connectivity index (χ3n) is 5.64. The van der Waals surface area contributed by atoms with Crippen molar-refractivity contribution in [3.05, 3.63) is 23.8 Å². The quantitative estimate of drug-likeness (QED) is 0.375. The van der Waals surface area contributed by atoms with Gasteiger partial charge in [0.2, 0.25) is 5.91 Å². The second-order valence-electron chi connectivity index (χ2n) is 9.82. The Morgan fingerprint density at radius 3 is 2.41 bits per heavy atom. The first-order valence-electron chi connectivity index (χ1n) is 11.5. The molecule has 4 N–H and O–H groups in total. The van der Waals surface area contributed by atoms with Crippen molar-refractivity contribution < 1.29 is 24.1 Å². The Bertz CT molecular complexity index is 687. The molecule has 0 aliphatic carbocycles. The molecule has 1 amide bonds. The van der Waals surface area contributed by atoms with Crippen molar-refractivity contribution >= 4 is 5.91 Å².